The van der Waals surface area contributed by atoms with Crippen LogP contribution in [0.25, 0.3) is 134 Å². The van der Waals surface area contributed by atoms with E-state index in [4.69, 9.17) is 44.3 Å². The van der Waals surface area contributed by atoms with E-state index in [0.29, 0.717) is 63.7 Å². The van der Waals surface area contributed by atoms with Crippen molar-refractivity contribution < 1.29 is 99.6 Å². The summed E-state index contributed by atoms with van der Waals surface area (Å²) in [4.78, 5) is 44.6. The van der Waals surface area contributed by atoms with Crippen LogP contribution in [0.5, 0.6) is 0 Å². The summed E-state index contributed by atoms with van der Waals surface area (Å²) >= 11 is 0. The molecule has 12 heterocycles. The molecule has 3 radical (unpaired) electrons. The first-order chi connectivity index (χ1) is 77.0. The Kier molecular flexibility index (Phi) is 31.9. The van der Waals surface area contributed by atoms with Crippen LogP contribution < -0.4 is 15.6 Å². The van der Waals surface area contributed by atoms with Crippen LogP contribution in [0, 0.1) is 97.3 Å². The monoisotopic (exact) mass is 2600 g/mol. The maximum absolute atomic E-state index is 8.73. The van der Waals surface area contributed by atoms with E-state index < -0.39 is 82.1 Å². The summed E-state index contributed by atoms with van der Waals surface area (Å²) in [6, 6.07) is 68.1. The van der Waals surface area contributed by atoms with E-state index in [2.05, 4.69) is 238 Å². The van der Waals surface area contributed by atoms with Gasteiger partial charge >= 0.3 is 0 Å². The molecule has 18 aromatic rings. The zero-order valence-corrected chi connectivity index (χ0v) is 103. The van der Waals surface area contributed by atoms with Crippen molar-refractivity contribution in [2.75, 3.05) is 0 Å². The Balaban J connectivity index is 0.000000189. The van der Waals surface area contributed by atoms with Crippen molar-refractivity contribution in [3.63, 3.8) is 0 Å². The Morgan fingerprint density at radius 3 is 1.29 bits per heavy atom. The number of rotatable bonds is 23. The van der Waals surface area contributed by atoms with Crippen LogP contribution in [0.2, 0.25) is 58.9 Å². The summed E-state index contributed by atoms with van der Waals surface area (Å²) in [5.41, 5.74) is 23.1. The summed E-state index contributed by atoms with van der Waals surface area (Å²) < 4.78 is 166. The Labute approximate surface area is 966 Å². The van der Waals surface area contributed by atoms with Crippen LogP contribution in [0.3, 0.4) is 0 Å². The first-order valence-corrected chi connectivity index (χ1v) is 62.2. The van der Waals surface area contributed by atoms with Crippen molar-refractivity contribution in [2.24, 2.45) is 5.92 Å². The minimum absolute atomic E-state index is 0. The summed E-state index contributed by atoms with van der Waals surface area (Å²) in [5.74, 6) is -2.28. The molecule has 0 unspecified atom stereocenters. The van der Waals surface area contributed by atoms with Gasteiger partial charge in [-0.05, 0) is 228 Å². The van der Waals surface area contributed by atoms with Crippen LogP contribution in [-0.2, 0) is 76.6 Å². The molecule has 0 aliphatic heterocycles. The molecule has 0 spiro atoms. The van der Waals surface area contributed by atoms with Crippen LogP contribution >= 0.6 is 0 Å². The minimum Gasteiger partial charge on any atom is -0.486 e. The summed E-state index contributed by atoms with van der Waals surface area (Å²) in [5, 5.41) is 8.46. The van der Waals surface area contributed by atoms with Crippen LogP contribution in [0.15, 0.2) is 208 Å². The molecule has 19 rings (SSSR count). The van der Waals surface area contributed by atoms with E-state index in [1.165, 1.54) is 70.1 Å². The predicted octanol–water partition coefficient (Wildman–Crippen LogP) is 34.6. The van der Waals surface area contributed by atoms with Crippen molar-refractivity contribution in [3.05, 3.63) is 315 Å². The molecule has 0 amide bonds. The summed E-state index contributed by atoms with van der Waals surface area (Å²) in [7, 11) is -4.81. The number of nitrogens with zero attached hydrogens (tertiary/aromatic N) is 10. The van der Waals surface area contributed by atoms with Gasteiger partial charge < -0.3 is 43.2 Å². The maximum Gasteiger partial charge on any atom is 0.219 e. The number of aromatic nitrogens is 10. The van der Waals surface area contributed by atoms with Gasteiger partial charge in [-0.2, -0.15) is 4.98 Å². The molecule has 0 atom stereocenters. The molecule has 0 saturated heterocycles. The van der Waals surface area contributed by atoms with Crippen molar-refractivity contribution >= 4 is 106 Å². The first-order valence-electron chi connectivity index (χ1n) is 61.2. The largest absolute Gasteiger partial charge is 0.486 e. The van der Waals surface area contributed by atoms with Gasteiger partial charge in [0.05, 0.1) is 52.1 Å². The molecular formula is C131H156Ir3N10O3Si3-6. The Bertz CT molecular complexity index is 8570. The van der Waals surface area contributed by atoms with Crippen LogP contribution in [0.4, 0.5) is 0 Å². The van der Waals surface area contributed by atoms with Crippen molar-refractivity contribution in [3.8, 4) is 67.5 Å². The van der Waals surface area contributed by atoms with Gasteiger partial charge in [0.15, 0.2) is 0 Å². The normalized spacial score (nSPS) is 15.1. The van der Waals surface area contributed by atoms with Gasteiger partial charge in [0, 0.05) is 146 Å². The average molecular weight is 2600 g/mol. The molecule has 12 aromatic heterocycles. The standard InChI is InChI=1S/C25H25N2O.C23H24N3O.C23H34NSi.C22H21N2O.C20H28NSi.C18H24NSi.3Ir/c1-16-11-12-20-19-9-6-10-21(23(19)28-24(20)27-16)22-15-18(13-14-26-22)25(2,3)17-7-4-5-8-17;1-6-23(5,7-2)16-11-12-24-19(13-16)17-9-8-10-18-20-14(3)25-15(4)26-22(20)27-21(17)18;1-9-23(5,10-2)19-13-11-12-18(14-19)21-15-20(17(3)4)22(16-24-21)25(6,7)8;1-4-15(5-2)16-11-12-23-20(13-16)19-8-6-7-17-18-10-9-14(3)24-22(18)25-21(17)19;1-13(2)18-11-19(21-12-20(18)22(6,7)8)17-10-9-14(3)15(4)16(17)5;1-13(2)16-11-17(15-9-7-14(3)8-10-15)19-12-18(16)20(4,5)6;;;/h6,9,11-15,17H,4-5,7-8H2,1-3H3;8,10-13H,6-7H2,1-5H3;11,13-17H,9-10H2,1-8H3;6-7,9-13,15H,4-5H2,1-3H3;9,11-13H,1-8H3;7-9,11-13H,1-6H3;;;/q6*-1;;;/i1D3;4D3;17D;3D3,15D;2*3D3,13D;;;. The predicted molar refractivity (Wildman–Crippen MR) is 627 cm³/mol. The van der Waals surface area contributed by atoms with E-state index in [0.717, 1.165) is 148 Å². The molecule has 0 N–H and O–H groups in total. The van der Waals surface area contributed by atoms with E-state index in [-0.39, 0.29) is 111 Å². The number of hydrogen-bond acceptors (Lipinski definition) is 13. The second-order valence-electron chi connectivity index (χ2n) is 43.7. The molecule has 1 fully saturated rings. The molecule has 6 aromatic carbocycles. The van der Waals surface area contributed by atoms with E-state index in [1.54, 1.807) is 55.6 Å². The fourth-order valence-corrected chi connectivity index (χ4v) is 24.4. The van der Waals surface area contributed by atoms with Gasteiger partial charge in [0.2, 0.25) is 17.1 Å². The van der Waals surface area contributed by atoms with Gasteiger partial charge in [0.1, 0.15) is 5.82 Å². The SMILES string of the molecule is [2H]C(C)(C)c1cc(-c2[c-]ccc(C(C)(CC)CC)c2)ncc1[Si](C)(C)C.[2H]C([2H])([2H])c1c[c-]c(-c2cc(C([2H])(C)C)c([Si](C)(C)C)cn2)c(C)c1C.[2H]C([2H])([2H])c1c[c-]c(-c2cc(C([2H])(C)C)c([Si](C)(C)C)cn2)cc1.[2H]C([2H])([2H])c1ccc2c(n1)oc1c(-c3cc(C(C)(C)C4CCCC4)ccn3)[c-]ccc12.[2H]C([2H])([2H])c1ccc2c(n1)oc1c(-c3cc(C([2H])(CC)CC)ccn3)[c-]ccc12.[2H]C([2H])([2H])c1nc(C)c2c(n1)oc1c(-c3cc(C(C)(CC)CC)ccn3)[c-]ccc12.[Ir].[Ir].[Ir]. The molecular weight excluding hydrogens is 2420 g/mol. The first kappa shape index (κ1) is 94.3. The molecule has 150 heavy (non-hydrogen) atoms. The molecule has 13 nitrogen and oxygen atoms in total. The zero-order valence-electron chi connectivity index (χ0n) is 111. The molecule has 1 aliphatic rings. The van der Waals surface area contributed by atoms with E-state index in [1.807, 2.05) is 161 Å². The van der Waals surface area contributed by atoms with Crippen molar-refractivity contribution in [1.29, 1.82) is 0 Å². The Hall–Kier alpha value is -10.4. The van der Waals surface area contributed by atoms with Crippen LogP contribution in [0.1, 0.15) is 309 Å². The molecule has 1 aliphatic carbocycles. The topological polar surface area (TPSA) is 168 Å². The number of hydrogen-bond donors (Lipinski definition) is 0. The number of pyridine rings is 8. The third-order valence-electron chi connectivity index (χ3n) is 29.9. The van der Waals surface area contributed by atoms with Gasteiger partial charge in [-0.1, -0.05) is 302 Å². The third-order valence-corrected chi connectivity index (χ3v) is 35.9. The second-order valence-corrected chi connectivity index (χ2v) is 58.9. The number of furan rings is 3. The van der Waals surface area contributed by atoms with Gasteiger partial charge in [0.25, 0.3) is 0 Å². The van der Waals surface area contributed by atoms with Gasteiger partial charge in [-0.15, -0.1) is 160 Å². The van der Waals surface area contributed by atoms with Gasteiger partial charge in [-0.25, -0.2) is 15.0 Å². The maximum atomic E-state index is 8.73. The molecule has 1 saturated carbocycles. The van der Waals surface area contributed by atoms with Gasteiger partial charge in [-0.3, -0.25) is 0 Å². The molecule has 19 heteroatoms. The Morgan fingerprint density at radius 2 is 0.833 bits per heavy atom. The Morgan fingerprint density at radius 1 is 0.393 bits per heavy atom. The number of aryl methyl sites for hydroxylation is 6. The fourth-order valence-electron chi connectivity index (χ4n) is 19.6. The van der Waals surface area contributed by atoms with Crippen molar-refractivity contribution in [1.82, 2.24) is 49.8 Å². The zero-order chi connectivity index (χ0) is 122. The van der Waals surface area contributed by atoms with Crippen LogP contribution in [-0.4, -0.2) is 74.1 Å². The quantitative estimate of drug-likeness (QED) is 0.0439. The van der Waals surface area contributed by atoms with E-state index in [9.17, 15) is 0 Å². The molecule has 793 valence electrons. The second kappa shape index (κ2) is 50.7. The van der Waals surface area contributed by atoms with Crippen molar-refractivity contribution in [2.45, 2.75) is 329 Å². The summed E-state index contributed by atoms with van der Waals surface area (Å²) in [6.45, 7) is 48.4. The number of fused-ring (bicyclic) bond motifs is 9. The fraction of sp³-hybridized carbons (Fsp3) is 0.389. The summed E-state index contributed by atoms with van der Waals surface area (Å²) in [6.07, 6.45) is 22.0. The smallest absolute Gasteiger partial charge is 0.219 e. The average Bonchev–Trinajstić information content (AvgIpc) is 1.62. The third kappa shape index (κ3) is 27.0. The van der Waals surface area contributed by atoms with E-state index >= 15 is 0 Å². The number of benzene rings is 6. The molecule has 0 bridgehead atoms. The minimum atomic E-state index is -2.40.